The molecule has 0 spiro atoms. The van der Waals surface area contributed by atoms with Crippen LogP contribution < -0.4 is 0 Å². The van der Waals surface area contributed by atoms with Crippen LogP contribution in [0.25, 0.3) is 0 Å². The third kappa shape index (κ3) is 4.62. The molecule has 0 bridgehead atoms. The number of nitrogens with zero attached hydrogens (tertiary/aromatic N) is 1. The summed E-state index contributed by atoms with van der Waals surface area (Å²) >= 11 is 2.02. The van der Waals surface area contributed by atoms with Gasteiger partial charge >= 0.3 is 0 Å². The molecule has 3 unspecified atom stereocenters. The van der Waals surface area contributed by atoms with Crippen molar-refractivity contribution in [3.05, 3.63) is 0 Å². The zero-order valence-electron chi connectivity index (χ0n) is 10.8. The van der Waals surface area contributed by atoms with E-state index in [1.165, 1.54) is 5.75 Å². The van der Waals surface area contributed by atoms with Crippen LogP contribution >= 0.6 is 11.8 Å². The fourth-order valence-corrected chi connectivity index (χ4v) is 3.04. The molecule has 0 aromatic heterocycles. The lowest BCUT2D eigenvalue weighted by Gasteiger charge is -2.38. The van der Waals surface area contributed by atoms with E-state index in [0.717, 1.165) is 13.1 Å². The molecule has 3 atom stereocenters. The molecule has 0 aromatic rings. The molecule has 0 amide bonds. The predicted molar refractivity (Wildman–Crippen MR) is 70.0 cm³/mol. The molecule has 1 rings (SSSR count). The molecular weight excluding hydrogens is 222 g/mol. The topological polar surface area (TPSA) is 32.7 Å². The van der Waals surface area contributed by atoms with Gasteiger partial charge < -0.3 is 9.84 Å². The van der Waals surface area contributed by atoms with E-state index in [4.69, 9.17) is 4.74 Å². The molecule has 1 aliphatic heterocycles. The lowest BCUT2D eigenvalue weighted by molar-refractivity contribution is -0.0127. The summed E-state index contributed by atoms with van der Waals surface area (Å²) in [7, 11) is 0. The van der Waals surface area contributed by atoms with Gasteiger partial charge in [-0.2, -0.15) is 11.8 Å². The van der Waals surface area contributed by atoms with Crippen LogP contribution in [0.2, 0.25) is 0 Å². The van der Waals surface area contributed by atoms with Crippen molar-refractivity contribution in [2.75, 3.05) is 25.4 Å². The SMILES string of the molecule is CC(C)OCC(O)CN1CCSC(C)C1C. The van der Waals surface area contributed by atoms with Crippen LogP contribution in [0.4, 0.5) is 0 Å². The summed E-state index contributed by atoms with van der Waals surface area (Å²) in [5.41, 5.74) is 0. The normalized spacial score (nSPS) is 29.6. The van der Waals surface area contributed by atoms with Crippen molar-refractivity contribution < 1.29 is 9.84 Å². The Kier molecular flexibility index (Phi) is 6.11. The number of β-amino-alcohol motifs (C(OH)–C–C–N with tert-alkyl or cyclic N) is 1. The van der Waals surface area contributed by atoms with Gasteiger partial charge in [-0.3, -0.25) is 4.90 Å². The Morgan fingerprint density at radius 3 is 2.75 bits per heavy atom. The van der Waals surface area contributed by atoms with Gasteiger partial charge in [-0.05, 0) is 20.8 Å². The molecule has 0 aromatic carbocycles. The second-order valence-electron chi connectivity index (χ2n) is 4.85. The van der Waals surface area contributed by atoms with Crippen LogP contribution in [0.5, 0.6) is 0 Å². The van der Waals surface area contributed by atoms with Crippen LogP contribution in [0, 0.1) is 0 Å². The summed E-state index contributed by atoms with van der Waals surface area (Å²) in [6.45, 7) is 10.8. The monoisotopic (exact) mass is 247 g/mol. The number of thioether (sulfide) groups is 1. The first-order valence-corrected chi connectivity index (χ1v) is 7.21. The van der Waals surface area contributed by atoms with Gasteiger partial charge in [0.1, 0.15) is 0 Å². The number of aliphatic hydroxyl groups excluding tert-OH is 1. The van der Waals surface area contributed by atoms with Crippen LogP contribution in [-0.2, 0) is 4.74 Å². The predicted octanol–water partition coefficient (Wildman–Crippen LogP) is 1.60. The van der Waals surface area contributed by atoms with Gasteiger partial charge in [-0.25, -0.2) is 0 Å². The Labute approximate surface area is 104 Å². The van der Waals surface area contributed by atoms with E-state index in [0.29, 0.717) is 17.9 Å². The Bertz CT molecular complexity index is 201. The summed E-state index contributed by atoms with van der Waals surface area (Å²) < 4.78 is 5.43. The molecule has 96 valence electrons. The molecule has 3 nitrogen and oxygen atoms in total. The maximum atomic E-state index is 9.88. The van der Waals surface area contributed by atoms with Crippen molar-refractivity contribution in [1.82, 2.24) is 4.90 Å². The van der Waals surface area contributed by atoms with Gasteiger partial charge in [0.05, 0.1) is 18.8 Å². The third-order valence-electron chi connectivity index (χ3n) is 3.08. The summed E-state index contributed by atoms with van der Waals surface area (Å²) in [6.07, 6.45) is -0.164. The molecular formula is C12H25NO2S. The van der Waals surface area contributed by atoms with Crippen molar-refractivity contribution in [2.45, 2.75) is 51.2 Å². The second kappa shape index (κ2) is 6.84. The quantitative estimate of drug-likeness (QED) is 0.800. The van der Waals surface area contributed by atoms with Gasteiger partial charge in [-0.1, -0.05) is 6.92 Å². The molecule has 4 heteroatoms. The summed E-state index contributed by atoms with van der Waals surface area (Å²) in [5.74, 6) is 1.17. The van der Waals surface area contributed by atoms with Crippen LogP contribution in [0.3, 0.4) is 0 Å². The fourth-order valence-electron chi connectivity index (χ4n) is 1.88. The van der Waals surface area contributed by atoms with Gasteiger partial charge in [0.25, 0.3) is 0 Å². The largest absolute Gasteiger partial charge is 0.389 e. The van der Waals surface area contributed by atoms with Crippen LogP contribution in [0.15, 0.2) is 0 Å². The molecule has 0 saturated carbocycles. The van der Waals surface area contributed by atoms with Crippen LogP contribution in [0.1, 0.15) is 27.7 Å². The highest BCUT2D eigenvalue weighted by atomic mass is 32.2. The molecule has 1 fully saturated rings. The zero-order chi connectivity index (χ0) is 12.1. The number of hydrogen-bond acceptors (Lipinski definition) is 4. The standard InChI is InChI=1S/C12H25NO2S/c1-9(2)15-8-12(14)7-13-5-6-16-11(4)10(13)3/h9-12,14H,5-8H2,1-4H3. The fraction of sp³-hybridized carbons (Fsp3) is 1.00. The summed E-state index contributed by atoms with van der Waals surface area (Å²) in [5, 5.41) is 10.5. The van der Waals surface area contributed by atoms with Crippen molar-refractivity contribution in [3.63, 3.8) is 0 Å². The smallest absolute Gasteiger partial charge is 0.0900 e. The summed E-state index contributed by atoms with van der Waals surface area (Å²) in [6, 6.07) is 0.549. The van der Waals surface area contributed by atoms with Crippen molar-refractivity contribution in [1.29, 1.82) is 0 Å². The van der Waals surface area contributed by atoms with Crippen molar-refractivity contribution >= 4 is 11.8 Å². The maximum Gasteiger partial charge on any atom is 0.0900 e. The van der Waals surface area contributed by atoms with Gasteiger partial charge in [0.2, 0.25) is 0 Å². The molecule has 16 heavy (non-hydrogen) atoms. The van der Waals surface area contributed by atoms with Gasteiger partial charge in [0, 0.05) is 30.1 Å². The molecule has 0 aliphatic carbocycles. The highest BCUT2D eigenvalue weighted by molar-refractivity contribution is 8.00. The maximum absolute atomic E-state index is 9.88. The van der Waals surface area contributed by atoms with E-state index in [1.807, 2.05) is 25.6 Å². The first-order valence-electron chi connectivity index (χ1n) is 6.16. The van der Waals surface area contributed by atoms with E-state index < -0.39 is 0 Å². The lowest BCUT2D eigenvalue weighted by Crippen LogP contribution is -2.48. The summed E-state index contributed by atoms with van der Waals surface area (Å²) in [4.78, 5) is 2.37. The van der Waals surface area contributed by atoms with Crippen LogP contribution in [-0.4, -0.2) is 59.0 Å². The first-order chi connectivity index (χ1) is 7.50. The minimum absolute atomic E-state index is 0.197. The minimum atomic E-state index is -0.361. The van der Waals surface area contributed by atoms with E-state index >= 15 is 0 Å². The number of hydrogen-bond donors (Lipinski definition) is 1. The van der Waals surface area contributed by atoms with Gasteiger partial charge in [0.15, 0.2) is 0 Å². The Morgan fingerprint density at radius 2 is 2.12 bits per heavy atom. The highest BCUT2D eigenvalue weighted by Crippen LogP contribution is 2.24. The Balaban J connectivity index is 2.29. The number of rotatable bonds is 5. The average Bonchev–Trinajstić information content (AvgIpc) is 2.22. The minimum Gasteiger partial charge on any atom is -0.389 e. The Morgan fingerprint density at radius 1 is 1.44 bits per heavy atom. The molecule has 0 radical (unpaired) electrons. The van der Waals surface area contributed by atoms with Crippen molar-refractivity contribution in [2.24, 2.45) is 0 Å². The first kappa shape index (κ1) is 14.3. The van der Waals surface area contributed by atoms with E-state index in [1.54, 1.807) is 0 Å². The van der Waals surface area contributed by atoms with E-state index in [2.05, 4.69) is 18.7 Å². The second-order valence-corrected chi connectivity index (χ2v) is 6.33. The molecule has 1 saturated heterocycles. The average molecular weight is 247 g/mol. The number of aliphatic hydroxyl groups is 1. The lowest BCUT2D eigenvalue weighted by atomic mass is 10.2. The third-order valence-corrected chi connectivity index (χ3v) is 4.42. The van der Waals surface area contributed by atoms with E-state index in [9.17, 15) is 5.11 Å². The van der Waals surface area contributed by atoms with Crippen molar-refractivity contribution in [3.8, 4) is 0 Å². The zero-order valence-corrected chi connectivity index (χ0v) is 11.7. The van der Waals surface area contributed by atoms with E-state index in [-0.39, 0.29) is 12.2 Å². The Hall–Kier alpha value is 0.230. The van der Waals surface area contributed by atoms with Gasteiger partial charge in [-0.15, -0.1) is 0 Å². The molecule has 1 N–H and O–H groups in total. The molecule has 1 aliphatic rings. The number of ether oxygens (including phenoxy) is 1. The molecule has 1 heterocycles. The highest BCUT2D eigenvalue weighted by Gasteiger charge is 2.26.